The maximum absolute atomic E-state index is 14.6. The maximum atomic E-state index is 14.6. The van der Waals surface area contributed by atoms with Crippen LogP contribution in [0, 0.1) is 0 Å². The summed E-state index contributed by atoms with van der Waals surface area (Å²) >= 11 is 0. The highest BCUT2D eigenvalue weighted by atomic mass is 19.4. The summed E-state index contributed by atoms with van der Waals surface area (Å²) in [7, 11) is 0. The average molecular weight is 671 g/mol. The Kier molecular flexibility index (Phi) is 10.1. The first-order valence-electron chi connectivity index (χ1n) is 12.2. The lowest BCUT2D eigenvalue weighted by Crippen LogP contribution is -2.50. The number of alkyl halides is 14. The van der Waals surface area contributed by atoms with Crippen LogP contribution in [0.4, 0.5) is 67.2 Å². The lowest BCUT2D eigenvalue weighted by molar-refractivity contribution is -0.359. The van der Waals surface area contributed by atoms with Crippen LogP contribution in [-0.4, -0.2) is 48.6 Å². The quantitative estimate of drug-likeness (QED) is 0.155. The second kappa shape index (κ2) is 12.8. The Morgan fingerprint density at radius 3 is 1.82 bits per heavy atom. The summed E-state index contributed by atoms with van der Waals surface area (Å²) in [4.78, 5) is 0.554. The number of hydrogen-bond acceptors (Lipinski definition) is 4. The number of nitrogens with zero attached hydrogens (tertiary/aromatic N) is 1. The molecular formula is C27H19F14NO3. The second-order valence-corrected chi connectivity index (χ2v) is 9.23. The van der Waals surface area contributed by atoms with Gasteiger partial charge in [0.25, 0.3) is 0 Å². The van der Waals surface area contributed by atoms with Crippen LogP contribution in [0.3, 0.4) is 0 Å². The predicted molar refractivity (Wildman–Crippen MR) is 129 cm³/mol. The number of halogens is 14. The summed E-state index contributed by atoms with van der Waals surface area (Å²) in [6.07, 6.45) is -26.8. The smallest absolute Gasteiger partial charge is 0.461 e. The number of benzene rings is 3. The number of para-hydroxylation sites is 1. The molecule has 3 aromatic rings. The fraction of sp³-hybridized carbons (Fsp3) is 0.333. The van der Waals surface area contributed by atoms with E-state index in [0.29, 0.717) is 17.0 Å². The Morgan fingerprint density at radius 2 is 1.27 bits per heavy atom. The Morgan fingerprint density at radius 1 is 0.689 bits per heavy atom. The summed E-state index contributed by atoms with van der Waals surface area (Å²) in [5.41, 5.74) is -2.98. The lowest BCUT2D eigenvalue weighted by atomic mass is 9.98. The minimum absolute atomic E-state index is 0.0749. The lowest BCUT2D eigenvalue weighted by Gasteiger charge is -2.36. The molecule has 0 bridgehead atoms. The van der Waals surface area contributed by atoms with E-state index in [9.17, 15) is 66.6 Å². The van der Waals surface area contributed by atoms with Crippen molar-refractivity contribution in [2.75, 3.05) is 11.4 Å². The molecule has 0 amide bonds. The van der Waals surface area contributed by atoms with Gasteiger partial charge in [0, 0.05) is 22.9 Å². The van der Waals surface area contributed by atoms with Crippen molar-refractivity contribution in [1.82, 2.24) is 0 Å². The van der Waals surface area contributed by atoms with Crippen molar-refractivity contribution in [2.24, 2.45) is 0 Å². The van der Waals surface area contributed by atoms with Crippen LogP contribution < -0.4 is 14.4 Å². The van der Waals surface area contributed by atoms with Crippen molar-refractivity contribution >= 4 is 5.69 Å². The molecule has 45 heavy (non-hydrogen) atoms. The number of rotatable bonds is 12. The summed E-state index contributed by atoms with van der Waals surface area (Å²) in [5, 5.41) is 9.84. The van der Waals surface area contributed by atoms with Crippen LogP contribution in [0.25, 0.3) is 0 Å². The Bertz CT molecular complexity index is 1410. The van der Waals surface area contributed by atoms with Gasteiger partial charge in [0.1, 0.15) is 11.5 Å². The van der Waals surface area contributed by atoms with Crippen molar-refractivity contribution in [1.29, 1.82) is 0 Å². The van der Waals surface area contributed by atoms with Crippen LogP contribution in [0.15, 0.2) is 78.9 Å². The van der Waals surface area contributed by atoms with Crippen molar-refractivity contribution in [3.63, 3.8) is 0 Å². The zero-order valence-electron chi connectivity index (χ0n) is 21.9. The largest absolute Gasteiger partial charge is 0.466 e. The average Bonchev–Trinajstić information content (AvgIpc) is 2.94. The number of hydrogen-bond donors (Lipinski definition) is 1. The highest BCUT2D eigenvalue weighted by molar-refractivity contribution is 5.49. The molecular weight excluding hydrogens is 652 g/mol. The topological polar surface area (TPSA) is 41.9 Å². The van der Waals surface area contributed by atoms with E-state index in [0.717, 1.165) is 36.4 Å². The van der Waals surface area contributed by atoms with Crippen LogP contribution in [-0.2, 0) is 5.92 Å². The number of aliphatic hydroxyl groups excluding tert-OH is 1. The normalized spacial score (nSPS) is 14.7. The first-order chi connectivity index (χ1) is 20.6. The van der Waals surface area contributed by atoms with Crippen molar-refractivity contribution in [3.8, 4) is 11.5 Å². The minimum Gasteiger partial charge on any atom is -0.466 e. The molecule has 0 aliphatic carbocycles. The molecule has 18 heteroatoms. The van der Waals surface area contributed by atoms with Crippen LogP contribution in [0.1, 0.15) is 17.4 Å². The van der Waals surface area contributed by atoms with E-state index in [2.05, 4.69) is 4.74 Å². The van der Waals surface area contributed by atoms with Gasteiger partial charge in [-0.05, 0) is 30.3 Å². The van der Waals surface area contributed by atoms with Gasteiger partial charge in [-0.25, -0.2) is 0 Å². The van der Waals surface area contributed by atoms with E-state index >= 15 is 0 Å². The van der Waals surface area contributed by atoms with E-state index in [1.54, 1.807) is 0 Å². The van der Waals surface area contributed by atoms with E-state index < -0.39 is 78.2 Å². The summed E-state index contributed by atoms with van der Waals surface area (Å²) in [6, 6.07) is 10.8. The molecule has 0 saturated carbocycles. The molecule has 2 atom stereocenters. The van der Waals surface area contributed by atoms with Gasteiger partial charge in [-0.1, -0.05) is 42.5 Å². The van der Waals surface area contributed by atoms with Crippen molar-refractivity contribution in [2.45, 2.75) is 49.1 Å². The zero-order chi connectivity index (χ0) is 34.0. The highest BCUT2D eigenvalue weighted by Gasteiger charge is 2.73. The second-order valence-electron chi connectivity index (χ2n) is 9.23. The van der Waals surface area contributed by atoms with Gasteiger partial charge in [-0.15, -0.1) is 0 Å². The predicted octanol–water partition coefficient (Wildman–Crippen LogP) is 8.72. The standard InChI is InChI=1S/C27H19F14NO3/c28-22(29)25(35,36)45-19-11-5-10-18(13-19)44-21(42(14-20(43)24(32,33)34)17-8-2-1-3-9-17)15-6-4-7-16(12-15)23(30,31)26(37,38)27(39,40)41/h1-13,20-22,43H,14H2. The Hall–Kier alpha value is -3.96. The molecule has 248 valence electrons. The van der Waals surface area contributed by atoms with E-state index in [4.69, 9.17) is 4.74 Å². The first kappa shape index (κ1) is 35.5. The van der Waals surface area contributed by atoms with Crippen LogP contribution in [0.5, 0.6) is 11.5 Å². The van der Waals surface area contributed by atoms with Gasteiger partial charge in [-0.2, -0.15) is 61.5 Å². The molecule has 0 saturated heterocycles. The SMILES string of the molecule is OC(CN(c1ccccc1)C(Oc1cccc(OC(F)(F)C(F)F)c1)c1cccc(C(F)(F)C(F)(F)C(F)(F)F)c1)C(F)(F)F. The number of anilines is 1. The van der Waals surface area contributed by atoms with E-state index in [1.165, 1.54) is 18.2 Å². The number of ether oxygens (including phenoxy) is 2. The molecule has 1 N–H and O–H groups in total. The first-order valence-corrected chi connectivity index (χ1v) is 12.2. The summed E-state index contributed by atoms with van der Waals surface area (Å²) < 4.78 is 197. The number of aliphatic hydroxyl groups is 1. The van der Waals surface area contributed by atoms with Gasteiger partial charge in [-0.3, -0.25) is 0 Å². The molecule has 0 spiro atoms. The molecule has 0 aromatic heterocycles. The van der Waals surface area contributed by atoms with E-state index in [-0.39, 0.29) is 17.8 Å². The van der Waals surface area contributed by atoms with Gasteiger partial charge in [0.05, 0.1) is 6.54 Å². The zero-order valence-corrected chi connectivity index (χ0v) is 21.9. The molecule has 0 heterocycles. The monoisotopic (exact) mass is 671 g/mol. The fourth-order valence-electron chi connectivity index (χ4n) is 3.75. The molecule has 0 fully saturated rings. The van der Waals surface area contributed by atoms with Crippen molar-refractivity contribution in [3.05, 3.63) is 90.0 Å². The molecule has 0 radical (unpaired) electrons. The van der Waals surface area contributed by atoms with Gasteiger partial charge in [0.2, 0.25) is 0 Å². The van der Waals surface area contributed by atoms with Gasteiger partial charge < -0.3 is 19.5 Å². The minimum atomic E-state index is -6.74. The van der Waals surface area contributed by atoms with E-state index in [1.807, 2.05) is 0 Å². The van der Waals surface area contributed by atoms with Gasteiger partial charge >= 0.3 is 36.7 Å². The molecule has 3 aromatic carbocycles. The molecule has 0 aliphatic rings. The maximum Gasteiger partial charge on any atom is 0.461 e. The fourth-order valence-corrected chi connectivity index (χ4v) is 3.75. The molecule has 0 aliphatic heterocycles. The third-order valence-electron chi connectivity index (χ3n) is 5.96. The third kappa shape index (κ3) is 8.01. The van der Waals surface area contributed by atoms with Crippen molar-refractivity contribution < 1.29 is 76.0 Å². The van der Waals surface area contributed by atoms with Crippen LogP contribution >= 0.6 is 0 Å². The molecule has 4 nitrogen and oxygen atoms in total. The molecule has 2 unspecified atom stereocenters. The van der Waals surface area contributed by atoms with Crippen LogP contribution in [0.2, 0.25) is 0 Å². The Labute approximate surface area is 244 Å². The van der Waals surface area contributed by atoms with Gasteiger partial charge in [0.15, 0.2) is 12.3 Å². The third-order valence-corrected chi connectivity index (χ3v) is 5.96. The molecule has 3 rings (SSSR count). The summed E-state index contributed by atoms with van der Waals surface area (Å²) in [6.45, 7) is -1.46. The highest BCUT2D eigenvalue weighted by Crippen LogP contribution is 2.52. The summed E-state index contributed by atoms with van der Waals surface area (Å²) in [5.74, 6) is -14.2. The Balaban J connectivity index is 2.20.